The number of para-hydroxylation sites is 1. The molecule has 1 fully saturated rings. The molecule has 0 radical (unpaired) electrons. The first kappa shape index (κ1) is 17.8. The molecule has 1 atom stereocenters. The fourth-order valence-corrected chi connectivity index (χ4v) is 3.52. The van der Waals surface area contributed by atoms with Crippen molar-refractivity contribution < 1.29 is 4.79 Å². The van der Waals surface area contributed by atoms with Gasteiger partial charge in [0.05, 0.1) is 16.8 Å². The Bertz CT molecular complexity index is 957. The molecule has 2 aromatic heterocycles. The van der Waals surface area contributed by atoms with Crippen molar-refractivity contribution in [3.8, 4) is 5.69 Å². The second kappa shape index (κ2) is 7.54. The number of carbonyl (C=O) groups is 1. The number of anilines is 1. The number of piperidine rings is 1. The Hall–Kier alpha value is -2.64. The molecule has 1 aliphatic rings. The van der Waals surface area contributed by atoms with Crippen LogP contribution in [0, 0.1) is 6.92 Å². The van der Waals surface area contributed by atoms with Crippen LogP contribution in [-0.4, -0.2) is 38.6 Å². The summed E-state index contributed by atoms with van der Waals surface area (Å²) in [6, 6.07) is 11.3. The molecule has 0 spiro atoms. The van der Waals surface area contributed by atoms with Crippen LogP contribution < -0.4 is 10.6 Å². The number of nitrogens with one attached hydrogen (secondary N) is 2. The minimum Gasteiger partial charge on any atom is -0.315 e. The zero-order valence-electron chi connectivity index (χ0n) is 15.0. The smallest absolute Gasteiger partial charge is 0.277 e. The van der Waals surface area contributed by atoms with Gasteiger partial charge in [-0.1, -0.05) is 23.7 Å². The van der Waals surface area contributed by atoms with Crippen LogP contribution in [0.3, 0.4) is 0 Å². The fourth-order valence-electron chi connectivity index (χ4n) is 3.30. The lowest BCUT2D eigenvalue weighted by molar-refractivity contribution is 0.102. The largest absolute Gasteiger partial charge is 0.315 e. The van der Waals surface area contributed by atoms with Crippen LogP contribution in [0.4, 0.5) is 5.82 Å². The maximum Gasteiger partial charge on any atom is 0.277 e. The topological polar surface area (TPSA) is 76.8 Å². The zero-order chi connectivity index (χ0) is 18.8. The lowest BCUT2D eigenvalue weighted by Crippen LogP contribution is -2.32. The van der Waals surface area contributed by atoms with Crippen molar-refractivity contribution in [1.29, 1.82) is 0 Å². The van der Waals surface area contributed by atoms with Gasteiger partial charge in [-0.25, -0.2) is 4.68 Å². The molecular formula is C19H21ClN6O. The van der Waals surface area contributed by atoms with E-state index in [9.17, 15) is 4.79 Å². The van der Waals surface area contributed by atoms with Gasteiger partial charge in [0.15, 0.2) is 11.5 Å². The van der Waals surface area contributed by atoms with Crippen molar-refractivity contribution in [3.63, 3.8) is 0 Å². The van der Waals surface area contributed by atoms with Gasteiger partial charge >= 0.3 is 0 Å². The lowest BCUT2D eigenvalue weighted by atomic mass is 10.1. The summed E-state index contributed by atoms with van der Waals surface area (Å²) in [5, 5.41) is 15.7. The van der Waals surface area contributed by atoms with Gasteiger partial charge < -0.3 is 10.6 Å². The quantitative estimate of drug-likeness (QED) is 0.724. The van der Waals surface area contributed by atoms with E-state index in [4.69, 9.17) is 11.6 Å². The molecule has 3 heterocycles. The maximum atomic E-state index is 12.6. The molecule has 1 aliphatic heterocycles. The van der Waals surface area contributed by atoms with Crippen LogP contribution in [0.2, 0.25) is 5.02 Å². The van der Waals surface area contributed by atoms with Crippen molar-refractivity contribution in [3.05, 3.63) is 59.0 Å². The summed E-state index contributed by atoms with van der Waals surface area (Å²) in [5.74, 6) is 0.188. The summed E-state index contributed by atoms with van der Waals surface area (Å²) < 4.78 is 3.58. The zero-order valence-corrected chi connectivity index (χ0v) is 15.8. The SMILES string of the molecule is Cc1cc(NC(=O)c2ccn(C3CCCNC3)n2)nn1-c1ccccc1Cl. The van der Waals surface area contributed by atoms with Crippen LogP contribution in [0.15, 0.2) is 42.6 Å². The molecule has 1 aromatic carbocycles. The van der Waals surface area contributed by atoms with Gasteiger partial charge in [0.25, 0.3) is 5.91 Å². The fraction of sp³-hybridized carbons (Fsp3) is 0.316. The predicted molar refractivity (Wildman–Crippen MR) is 105 cm³/mol. The summed E-state index contributed by atoms with van der Waals surface area (Å²) in [6.07, 6.45) is 4.04. The van der Waals surface area contributed by atoms with E-state index in [1.807, 2.05) is 48.1 Å². The third-order valence-corrected chi connectivity index (χ3v) is 5.02. The molecule has 1 saturated heterocycles. The van der Waals surface area contributed by atoms with E-state index in [-0.39, 0.29) is 5.91 Å². The van der Waals surface area contributed by atoms with Gasteiger partial charge in [-0.15, -0.1) is 5.10 Å². The van der Waals surface area contributed by atoms with Gasteiger partial charge in [-0.05, 0) is 44.5 Å². The van der Waals surface area contributed by atoms with Gasteiger partial charge in [0.1, 0.15) is 0 Å². The molecule has 27 heavy (non-hydrogen) atoms. The van der Waals surface area contributed by atoms with E-state index in [1.54, 1.807) is 10.7 Å². The molecule has 0 bridgehead atoms. The van der Waals surface area contributed by atoms with Crippen molar-refractivity contribution in [2.75, 3.05) is 18.4 Å². The summed E-state index contributed by atoms with van der Waals surface area (Å²) in [6.45, 7) is 3.83. The van der Waals surface area contributed by atoms with Gasteiger partial charge in [-0.3, -0.25) is 9.48 Å². The summed E-state index contributed by atoms with van der Waals surface area (Å²) in [7, 11) is 0. The van der Waals surface area contributed by atoms with Crippen LogP contribution >= 0.6 is 11.6 Å². The molecule has 1 amide bonds. The van der Waals surface area contributed by atoms with Crippen LogP contribution in [0.5, 0.6) is 0 Å². The van der Waals surface area contributed by atoms with Gasteiger partial charge in [0, 0.05) is 24.5 Å². The minimum absolute atomic E-state index is 0.277. The number of halogens is 1. The Kier molecular flexibility index (Phi) is 4.96. The van der Waals surface area contributed by atoms with E-state index in [1.165, 1.54) is 0 Å². The number of nitrogens with zero attached hydrogens (tertiary/aromatic N) is 4. The summed E-state index contributed by atoms with van der Waals surface area (Å²) >= 11 is 6.25. The van der Waals surface area contributed by atoms with E-state index < -0.39 is 0 Å². The summed E-state index contributed by atoms with van der Waals surface area (Å²) in [4.78, 5) is 12.6. The number of aromatic nitrogens is 4. The van der Waals surface area contributed by atoms with Crippen molar-refractivity contribution in [2.24, 2.45) is 0 Å². The highest BCUT2D eigenvalue weighted by molar-refractivity contribution is 6.32. The van der Waals surface area contributed by atoms with E-state index in [0.717, 1.165) is 37.3 Å². The highest BCUT2D eigenvalue weighted by Gasteiger charge is 2.18. The molecule has 2 N–H and O–H groups in total. The Morgan fingerprint density at radius 1 is 1.30 bits per heavy atom. The Labute approximate surface area is 162 Å². The molecule has 4 rings (SSSR count). The number of hydrogen-bond acceptors (Lipinski definition) is 4. The number of benzene rings is 1. The maximum absolute atomic E-state index is 12.6. The highest BCUT2D eigenvalue weighted by atomic mass is 35.5. The third kappa shape index (κ3) is 3.74. The number of carbonyl (C=O) groups excluding carboxylic acids is 1. The first-order valence-corrected chi connectivity index (χ1v) is 9.38. The highest BCUT2D eigenvalue weighted by Crippen LogP contribution is 2.23. The van der Waals surface area contributed by atoms with Crippen molar-refractivity contribution in [2.45, 2.75) is 25.8 Å². The third-order valence-electron chi connectivity index (χ3n) is 4.70. The summed E-state index contributed by atoms with van der Waals surface area (Å²) in [5.41, 5.74) is 2.02. The number of aryl methyl sites for hydroxylation is 1. The molecule has 7 nitrogen and oxygen atoms in total. The van der Waals surface area contributed by atoms with Crippen LogP contribution in [-0.2, 0) is 0 Å². The average molecular weight is 385 g/mol. The van der Waals surface area contributed by atoms with Gasteiger partial charge in [0.2, 0.25) is 0 Å². The Morgan fingerprint density at radius 2 is 2.15 bits per heavy atom. The minimum atomic E-state index is -0.277. The normalized spacial score (nSPS) is 17.0. The number of rotatable bonds is 4. The Balaban J connectivity index is 1.50. The molecule has 0 saturated carbocycles. The van der Waals surface area contributed by atoms with E-state index in [2.05, 4.69) is 20.8 Å². The lowest BCUT2D eigenvalue weighted by Gasteiger charge is -2.22. The number of hydrogen-bond donors (Lipinski definition) is 2. The molecule has 8 heteroatoms. The van der Waals surface area contributed by atoms with Crippen LogP contribution in [0.25, 0.3) is 5.69 Å². The molecular weight excluding hydrogens is 364 g/mol. The van der Waals surface area contributed by atoms with Crippen molar-refractivity contribution in [1.82, 2.24) is 24.9 Å². The average Bonchev–Trinajstić information content (AvgIpc) is 3.30. The molecule has 0 aliphatic carbocycles. The van der Waals surface area contributed by atoms with Crippen LogP contribution in [0.1, 0.15) is 35.1 Å². The first-order chi connectivity index (χ1) is 13.1. The monoisotopic (exact) mass is 384 g/mol. The Morgan fingerprint density at radius 3 is 2.93 bits per heavy atom. The van der Waals surface area contributed by atoms with E-state index >= 15 is 0 Å². The first-order valence-electron chi connectivity index (χ1n) is 9.00. The van der Waals surface area contributed by atoms with E-state index in [0.29, 0.717) is 22.6 Å². The molecule has 140 valence electrons. The molecule has 1 unspecified atom stereocenters. The predicted octanol–water partition coefficient (Wildman–Crippen LogP) is 3.21. The van der Waals surface area contributed by atoms with Crippen molar-refractivity contribution >= 4 is 23.3 Å². The molecule has 3 aromatic rings. The second-order valence-electron chi connectivity index (χ2n) is 6.67. The standard InChI is InChI=1S/C19H21ClN6O/c1-13-11-18(24-26(13)17-7-3-2-6-15(17)20)22-19(27)16-8-10-25(23-16)14-5-4-9-21-12-14/h2-3,6-8,10-11,14,21H,4-5,9,12H2,1H3,(H,22,24,27). The second-order valence-corrected chi connectivity index (χ2v) is 7.08. The number of amides is 1. The van der Waals surface area contributed by atoms with Gasteiger partial charge in [-0.2, -0.15) is 5.10 Å².